The lowest BCUT2D eigenvalue weighted by molar-refractivity contribution is 0.00320. The van der Waals surface area contributed by atoms with Crippen LogP contribution in [0.2, 0.25) is 0 Å². The Bertz CT molecular complexity index is 396. The van der Waals surface area contributed by atoms with Gasteiger partial charge in [-0.15, -0.1) is 0 Å². The third-order valence-corrected chi connectivity index (χ3v) is 2.81. The minimum Gasteiger partial charge on any atom is -0.393 e. The van der Waals surface area contributed by atoms with Crippen LogP contribution in [0.4, 0.5) is 0 Å². The molecular formula is C14H21NO3. The van der Waals surface area contributed by atoms with Crippen LogP contribution in [0.1, 0.15) is 42.6 Å². The van der Waals surface area contributed by atoms with Gasteiger partial charge >= 0.3 is 0 Å². The van der Waals surface area contributed by atoms with Crippen LogP contribution in [0.25, 0.3) is 0 Å². The van der Waals surface area contributed by atoms with Crippen molar-refractivity contribution in [3.8, 4) is 0 Å². The molecule has 1 rings (SSSR count). The van der Waals surface area contributed by atoms with Crippen LogP contribution in [-0.4, -0.2) is 34.9 Å². The number of amides is 1. The summed E-state index contributed by atoms with van der Waals surface area (Å²) < 4.78 is 0. The van der Waals surface area contributed by atoms with E-state index < -0.39 is 5.60 Å². The van der Waals surface area contributed by atoms with Crippen molar-refractivity contribution in [2.24, 2.45) is 0 Å². The Morgan fingerprint density at radius 1 is 1.33 bits per heavy atom. The first-order chi connectivity index (χ1) is 8.35. The average molecular weight is 251 g/mol. The minimum atomic E-state index is -1.28. The van der Waals surface area contributed by atoms with E-state index >= 15 is 0 Å². The number of carbonyl (C=O) groups excluding carboxylic acids is 1. The van der Waals surface area contributed by atoms with Gasteiger partial charge in [-0.3, -0.25) is 4.79 Å². The molecular weight excluding hydrogens is 230 g/mol. The van der Waals surface area contributed by atoms with Crippen LogP contribution in [0.15, 0.2) is 24.3 Å². The monoisotopic (exact) mass is 251 g/mol. The van der Waals surface area contributed by atoms with Gasteiger partial charge in [-0.2, -0.15) is 0 Å². The summed E-state index contributed by atoms with van der Waals surface area (Å²) in [6.07, 6.45) is 0. The molecule has 0 heterocycles. The predicted octanol–water partition coefficient (Wildman–Crippen LogP) is 1.28. The standard InChI is InChI=1S/C14H21NO3/c1-10(2)11-4-6-12(7-5-11)13(17)15-8-14(3,18)9-16/h4-7,10,16,18H,8-9H2,1-3H3,(H,15,17). The van der Waals surface area contributed by atoms with Gasteiger partial charge in [0.25, 0.3) is 5.91 Å². The summed E-state index contributed by atoms with van der Waals surface area (Å²) in [7, 11) is 0. The van der Waals surface area contributed by atoms with Crippen LogP contribution in [0.3, 0.4) is 0 Å². The van der Waals surface area contributed by atoms with Crippen LogP contribution in [-0.2, 0) is 0 Å². The predicted molar refractivity (Wildman–Crippen MR) is 70.6 cm³/mol. The Labute approximate surface area is 108 Å². The molecule has 1 atom stereocenters. The summed E-state index contributed by atoms with van der Waals surface area (Å²) in [5.41, 5.74) is 0.440. The number of aliphatic hydroxyl groups excluding tert-OH is 1. The molecule has 0 aliphatic rings. The van der Waals surface area contributed by atoms with Gasteiger partial charge in [0.2, 0.25) is 0 Å². The van der Waals surface area contributed by atoms with E-state index in [0.717, 1.165) is 0 Å². The smallest absolute Gasteiger partial charge is 0.251 e. The average Bonchev–Trinajstić information content (AvgIpc) is 2.36. The number of hydrogen-bond donors (Lipinski definition) is 3. The third kappa shape index (κ3) is 4.13. The Morgan fingerprint density at radius 3 is 2.33 bits per heavy atom. The number of nitrogens with one attached hydrogen (secondary N) is 1. The fourth-order valence-electron chi connectivity index (χ4n) is 1.45. The minimum absolute atomic E-state index is 0.0221. The Kier molecular flexibility index (Phi) is 4.87. The maximum atomic E-state index is 11.8. The lowest BCUT2D eigenvalue weighted by Gasteiger charge is -2.20. The molecule has 0 saturated heterocycles. The van der Waals surface area contributed by atoms with Gasteiger partial charge in [0.1, 0.15) is 5.60 Å². The first-order valence-electron chi connectivity index (χ1n) is 6.07. The third-order valence-electron chi connectivity index (χ3n) is 2.81. The van der Waals surface area contributed by atoms with Crippen molar-refractivity contribution in [2.45, 2.75) is 32.3 Å². The molecule has 0 saturated carbocycles. The van der Waals surface area contributed by atoms with Crippen LogP contribution < -0.4 is 5.32 Å². The maximum absolute atomic E-state index is 11.8. The molecule has 0 aliphatic heterocycles. The van der Waals surface area contributed by atoms with Gasteiger partial charge in [0, 0.05) is 12.1 Å². The van der Waals surface area contributed by atoms with Crippen LogP contribution in [0.5, 0.6) is 0 Å². The molecule has 100 valence electrons. The Morgan fingerprint density at radius 2 is 1.89 bits per heavy atom. The van der Waals surface area contributed by atoms with Gasteiger partial charge in [-0.05, 0) is 30.5 Å². The molecule has 0 spiro atoms. The van der Waals surface area contributed by atoms with E-state index in [2.05, 4.69) is 19.2 Å². The lowest BCUT2D eigenvalue weighted by Crippen LogP contribution is -2.43. The van der Waals surface area contributed by atoms with Gasteiger partial charge in [0.15, 0.2) is 0 Å². The Balaban J connectivity index is 2.62. The maximum Gasteiger partial charge on any atom is 0.251 e. The molecule has 4 nitrogen and oxygen atoms in total. The second kappa shape index (κ2) is 5.98. The van der Waals surface area contributed by atoms with Gasteiger partial charge in [-0.1, -0.05) is 26.0 Å². The first kappa shape index (κ1) is 14.7. The highest BCUT2D eigenvalue weighted by molar-refractivity contribution is 5.94. The highest BCUT2D eigenvalue weighted by Gasteiger charge is 2.20. The molecule has 0 bridgehead atoms. The normalized spacial score (nSPS) is 14.3. The first-order valence-corrected chi connectivity index (χ1v) is 6.07. The molecule has 0 radical (unpaired) electrons. The fourth-order valence-corrected chi connectivity index (χ4v) is 1.45. The van der Waals surface area contributed by atoms with Crippen molar-refractivity contribution >= 4 is 5.91 Å². The van der Waals surface area contributed by atoms with E-state index in [0.29, 0.717) is 11.5 Å². The number of rotatable bonds is 5. The highest BCUT2D eigenvalue weighted by Crippen LogP contribution is 2.14. The van der Waals surface area contributed by atoms with Crippen molar-refractivity contribution < 1.29 is 15.0 Å². The van der Waals surface area contributed by atoms with E-state index in [-0.39, 0.29) is 19.1 Å². The van der Waals surface area contributed by atoms with E-state index in [1.54, 1.807) is 12.1 Å². The fraction of sp³-hybridized carbons (Fsp3) is 0.500. The summed E-state index contributed by atoms with van der Waals surface area (Å²) in [4.78, 5) is 11.8. The summed E-state index contributed by atoms with van der Waals surface area (Å²) in [5.74, 6) is 0.177. The summed E-state index contributed by atoms with van der Waals surface area (Å²) in [5, 5.41) is 21.0. The molecule has 3 N–H and O–H groups in total. The van der Waals surface area contributed by atoms with E-state index in [9.17, 15) is 9.90 Å². The van der Waals surface area contributed by atoms with Crippen LogP contribution in [0, 0.1) is 0 Å². The second-order valence-corrected chi connectivity index (χ2v) is 5.11. The van der Waals surface area contributed by atoms with Crippen molar-refractivity contribution in [3.63, 3.8) is 0 Å². The second-order valence-electron chi connectivity index (χ2n) is 5.11. The van der Waals surface area contributed by atoms with Crippen LogP contribution >= 0.6 is 0 Å². The van der Waals surface area contributed by atoms with E-state index in [1.165, 1.54) is 12.5 Å². The Hall–Kier alpha value is -1.39. The van der Waals surface area contributed by atoms with Gasteiger partial charge < -0.3 is 15.5 Å². The van der Waals surface area contributed by atoms with E-state index in [4.69, 9.17) is 5.11 Å². The summed E-state index contributed by atoms with van der Waals surface area (Å²) >= 11 is 0. The largest absolute Gasteiger partial charge is 0.393 e. The zero-order chi connectivity index (χ0) is 13.8. The molecule has 18 heavy (non-hydrogen) atoms. The SMILES string of the molecule is CC(C)c1ccc(C(=O)NCC(C)(O)CO)cc1. The number of aliphatic hydroxyl groups is 2. The molecule has 1 amide bonds. The topological polar surface area (TPSA) is 69.6 Å². The van der Waals surface area contributed by atoms with Crippen molar-refractivity contribution in [3.05, 3.63) is 35.4 Å². The zero-order valence-electron chi connectivity index (χ0n) is 11.1. The molecule has 0 aromatic heterocycles. The summed E-state index contributed by atoms with van der Waals surface area (Å²) in [6.45, 7) is 5.28. The quantitative estimate of drug-likeness (QED) is 0.738. The molecule has 4 heteroatoms. The number of carbonyl (C=O) groups is 1. The molecule has 0 fully saturated rings. The van der Waals surface area contributed by atoms with Gasteiger partial charge in [0.05, 0.1) is 6.61 Å². The van der Waals surface area contributed by atoms with Gasteiger partial charge in [-0.25, -0.2) is 0 Å². The summed E-state index contributed by atoms with van der Waals surface area (Å²) in [6, 6.07) is 7.37. The molecule has 1 aromatic rings. The van der Waals surface area contributed by atoms with Crippen molar-refractivity contribution in [2.75, 3.05) is 13.2 Å². The van der Waals surface area contributed by atoms with Crippen molar-refractivity contribution in [1.29, 1.82) is 0 Å². The number of hydrogen-bond acceptors (Lipinski definition) is 3. The van der Waals surface area contributed by atoms with Crippen molar-refractivity contribution in [1.82, 2.24) is 5.32 Å². The lowest BCUT2D eigenvalue weighted by atomic mass is 10.0. The molecule has 0 aliphatic carbocycles. The molecule has 1 unspecified atom stereocenters. The highest BCUT2D eigenvalue weighted by atomic mass is 16.3. The van der Waals surface area contributed by atoms with E-state index in [1.807, 2.05) is 12.1 Å². The number of benzene rings is 1. The zero-order valence-corrected chi connectivity index (χ0v) is 11.1. The molecule has 1 aromatic carbocycles.